The van der Waals surface area contributed by atoms with Gasteiger partial charge in [0.2, 0.25) is 0 Å². The average molecular weight is 414 g/mol. The number of fused-ring (bicyclic) bond motifs is 2. The van der Waals surface area contributed by atoms with Crippen molar-refractivity contribution in [3.63, 3.8) is 0 Å². The molecule has 0 bridgehead atoms. The molecule has 1 aromatic carbocycles. The van der Waals surface area contributed by atoms with Crippen LogP contribution < -0.4 is 5.32 Å². The molecule has 3 heterocycles. The summed E-state index contributed by atoms with van der Waals surface area (Å²) in [4.78, 5) is 12.1. The molecule has 0 saturated heterocycles. The van der Waals surface area contributed by atoms with Crippen LogP contribution in [0.3, 0.4) is 0 Å². The molecule has 2 N–H and O–H groups in total. The first kappa shape index (κ1) is 16.8. The monoisotopic (exact) mass is 413 g/mol. The highest BCUT2D eigenvalue weighted by molar-refractivity contribution is 9.10. The van der Waals surface area contributed by atoms with Crippen molar-refractivity contribution in [2.24, 2.45) is 0 Å². The lowest BCUT2D eigenvalue weighted by Crippen LogP contribution is -2.08. The van der Waals surface area contributed by atoms with Crippen LogP contribution in [0, 0.1) is 5.82 Å². The summed E-state index contributed by atoms with van der Waals surface area (Å²) >= 11 is 3.45. The zero-order chi connectivity index (χ0) is 18.3. The number of hydrogen-bond acceptors (Lipinski definition) is 3. The number of rotatable bonds is 5. The molecular formula is C19H17BrFN5. The standard InChI is InChI=1S/C19H17BrFN5/c1-11(2)16-9-24-19-18(25-17(20)10-26(16)19)22-6-5-12-8-23-15-4-3-13(21)7-14(12)15/h3-4,7-10,23H,1,5-6H2,2H3,(H,22,25). The van der Waals surface area contributed by atoms with Crippen molar-refractivity contribution in [1.82, 2.24) is 19.4 Å². The number of halogens is 2. The zero-order valence-electron chi connectivity index (χ0n) is 14.2. The summed E-state index contributed by atoms with van der Waals surface area (Å²) in [6, 6.07) is 4.77. The van der Waals surface area contributed by atoms with Crippen LogP contribution in [0.4, 0.5) is 10.2 Å². The van der Waals surface area contributed by atoms with Crippen molar-refractivity contribution in [3.8, 4) is 0 Å². The molecule has 7 heteroatoms. The van der Waals surface area contributed by atoms with Crippen LogP contribution >= 0.6 is 15.9 Å². The lowest BCUT2D eigenvalue weighted by molar-refractivity contribution is 0.629. The van der Waals surface area contributed by atoms with Crippen LogP contribution in [-0.2, 0) is 6.42 Å². The number of nitrogens with one attached hydrogen (secondary N) is 2. The van der Waals surface area contributed by atoms with Gasteiger partial charge in [-0.3, -0.25) is 4.40 Å². The molecule has 0 aliphatic carbocycles. The van der Waals surface area contributed by atoms with E-state index in [-0.39, 0.29) is 5.82 Å². The summed E-state index contributed by atoms with van der Waals surface area (Å²) < 4.78 is 16.2. The summed E-state index contributed by atoms with van der Waals surface area (Å²) in [5, 5.41) is 4.24. The van der Waals surface area contributed by atoms with Gasteiger partial charge < -0.3 is 10.3 Å². The van der Waals surface area contributed by atoms with Crippen molar-refractivity contribution >= 4 is 43.9 Å². The van der Waals surface area contributed by atoms with Crippen LogP contribution in [0.2, 0.25) is 0 Å². The van der Waals surface area contributed by atoms with E-state index in [4.69, 9.17) is 0 Å². The molecule has 26 heavy (non-hydrogen) atoms. The fraction of sp³-hybridized carbons (Fsp3) is 0.158. The summed E-state index contributed by atoms with van der Waals surface area (Å²) in [7, 11) is 0. The van der Waals surface area contributed by atoms with Crippen molar-refractivity contribution in [1.29, 1.82) is 0 Å². The zero-order valence-corrected chi connectivity index (χ0v) is 15.8. The van der Waals surface area contributed by atoms with Gasteiger partial charge >= 0.3 is 0 Å². The number of benzene rings is 1. The summed E-state index contributed by atoms with van der Waals surface area (Å²) in [5.41, 5.74) is 4.62. The third-order valence-corrected chi connectivity index (χ3v) is 4.70. The van der Waals surface area contributed by atoms with Gasteiger partial charge in [-0.15, -0.1) is 0 Å². The first-order valence-electron chi connectivity index (χ1n) is 8.22. The van der Waals surface area contributed by atoms with E-state index >= 15 is 0 Å². The summed E-state index contributed by atoms with van der Waals surface area (Å²) in [5.74, 6) is 0.462. The Morgan fingerprint density at radius 2 is 2.27 bits per heavy atom. The van der Waals surface area contributed by atoms with Gasteiger partial charge in [-0.05, 0) is 58.6 Å². The Kier molecular flexibility index (Phi) is 4.24. The highest BCUT2D eigenvalue weighted by Gasteiger charge is 2.11. The number of H-pyrrole nitrogens is 1. The smallest absolute Gasteiger partial charge is 0.180 e. The minimum Gasteiger partial charge on any atom is -0.367 e. The van der Waals surface area contributed by atoms with Crippen LogP contribution in [-0.4, -0.2) is 25.9 Å². The predicted octanol–water partition coefficient (Wildman–Crippen LogP) is 4.80. The number of aromatic amines is 1. The number of aromatic nitrogens is 4. The van der Waals surface area contributed by atoms with Gasteiger partial charge in [-0.2, -0.15) is 0 Å². The first-order valence-corrected chi connectivity index (χ1v) is 9.01. The van der Waals surface area contributed by atoms with E-state index in [2.05, 4.69) is 42.8 Å². The van der Waals surface area contributed by atoms with Gasteiger partial charge in [-0.1, -0.05) is 6.58 Å². The molecule has 0 aliphatic heterocycles. The summed E-state index contributed by atoms with van der Waals surface area (Å²) in [6.45, 7) is 6.58. The lowest BCUT2D eigenvalue weighted by atomic mass is 10.1. The average Bonchev–Trinajstić information content (AvgIpc) is 3.19. The quantitative estimate of drug-likeness (QED) is 0.493. The Morgan fingerprint density at radius 1 is 1.42 bits per heavy atom. The maximum Gasteiger partial charge on any atom is 0.180 e. The Balaban J connectivity index is 1.58. The molecule has 0 radical (unpaired) electrons. The SMILES string of the molecule is C=C(C)c1cnc2c(NCCc3c[nH]c4ccc(F)cc34)nc(Br)cn12. The van der Waals surface area contributed by atoms with E-state index in [1.54, 1.807) is 18.3 Å². The number of anilines is 1. The molecule has 0 amide bonds. The van der Waals surface area contributed by atoms with E-state index in [0.29, 0.717) is 17.0 Å². The maximum atomic E-state index is 13.5. The van der Waals surface area contributed by atoms with E-state index < -0.39 is 0 Å². The molecule has 4 aromatic rings. The van der Waals surface area contributed by atoms with Crippen molar-refractivity contribution < 1.29 is 4.39 Å². The fourth-order valence-corrected chi connectivity index (χ4v) is 3.45. The van der Waals surface area contributed by atoms with Gasteiger partial charge in [0.15, 0.2) is 11.5 Å². The van der Waals surface area contributed by atoms with Crippen LogP contribution in [0.15, 0.2) is 48.0 Å². The second-order valence-corrected chi connectivity index (χ2v) is 7.02. The second kappa shape index (κ2) is 6.57. The van der Waals surface area contributed by atoms with Gasteiger partial charge in [0, 0.05) is 29.8 Å². The molecule has 0 aliphatic rings. The van der Waals surface area contributed by atoms with E-state index in [1.807, 2.05) is 23.7 Å². The number of hydrogen-bond donors (Lipinski definition) is 2. The van der Waals surface area contributed by atoms with Crippen LogP contribution in [0.25, 0.3) is 22.1 Å². The minimum absolute atomic E-state index is 0.230. The summed E-state index contributed by atoms with van der Waals surface area (Å²) in [6.07, 6.45) is 6.32. The van der Waals surface area contributed by atoms with E-state index in [9.17, 15) is 4.39 Å². The molecule has 5 nitrogen and oxygen atoms in total. The molecule has 0 saturated carbocycles. The highest BCUT2D eigenvalue weighted by atomic mass is 79.9. The lowest BCUT2D eigenvalue weighted by Gasteiger charge is -2.09. The topological polar surface area (TPSA) is 58.0 Å². The predicted molar refractivity (Wildman–Crippen MR) is 106 cm³/mol. The Labute approximate surface area is 158 Å². The van der Waals surface area contributed by atoms with Crippen molar-refractivity contribution in [3.05, 3.63) is 65.0 Å². The molecule has 0 atom stereocenters. The molecule has 0 unspecified atom stereocenters. The molecular weight excluding hydrogens is 397 g/mol. The normalized spacial score (nSPS) is 11.3. The van der Waals surface area contributed by atoms with Crippen LogP contribution in [0.1, 0.15) is 18.2 Å². The Hall–Kier alpha value is -2.67. The number of nitrogens with zero attached hydrogens (tertiary/aromatic N) is 3. The van der Waals surface area contributed by atoms with Crippen molar-refractivity contribution in [2.45, 2.75) is 13.3 Å². The highest BCUT2D eigenvalue weighted by Crippen LogP contribution is 2.23. The molecule has 0 spiro atoms. The minimum atomic E-state index is -0.230. The van der Waals surface area contributed by atoms with Gasteiger partial charge in [0.1, 0.15) is 10.4 Å². The van der Waals surface area contributed by atoms with E-state index in [1.165, 1.54) is 6.07 Å². The second-order valence-electron chi connectivity index (χ2n) is 6.21. The van der Waals surface area contributed by atoms with Gasteiger partial charge in [-0.25, -0.2) is 14.4 Å². The molecule has 132 valence electrons. The largest absolute Gasteiger partial charge is 0.367 e. The Bertz CT molecular complexity index is 1130. The number of imidazole rings is 1. The van der Waals surface area contributed by atoms with Crippen molar-refractivity contribution in [2.75, 3.05) is 11.9 Å². The Morgan fingerprint density at radius 3 is 3.08 bits per heavy atom. The maximum absolute atomic E-state index is 13.5. The van der Waals surface area contributed by atoms with Gasteiger partial charge in [0.25, 0.3) is 0 Å². The molecule has 0 fully saturated rings. The third-order valence-electron chi connectivity index (χ3n) is 4.32. The van der Waals surface area contributed by atoms with E-state index in [0.717, 1.165) is 39.8 Å². The van der Waals surface area contributed by atoms with Crippen LogP contribution in [0.5, 0.6) is 0 Å². The number of allylic oxidation sites excluding steroid dienone is 1. The molecule has 4 rings (SSSR count). The first-order chi connectivity index (χ1) is 12.5. The fourth-order valence-electron chi connectivity index (χ4n) is 3.07. The molecule has 3 aromatic heterocycles. The van der Waals surface area contributed by atoms with Gasteiger partial charge in [0.05, 0.1) is 11.9 Å². The third kappa shape index (κ3) is 2.99.